The predicted octanol–water partition coefficient (Wildman–Crippen LogP) is 11.7. The van der Waals surface area contributed by atoms with Gasteiger partial charge in [0.2, 0.25) is 0 Å². The molecule has 6 atom stereocenters. The van der Waals surface area contributed by atoms with Crippen LogP contribution in [-0.2, 0) is 38.3 Å². The first-order valence-electron chi connectivity index (χ1n) is 25.7. The molecule has 0 aromatic rings. The Morgan fingerprint density at radius 2 is 1.08 bits per heavy atom. The summed E-state index contributed by atoms with van der Waals surface area (Å²) < 4.78 is 59.3. The first-order valence-corrected chi connectivity index (χ1v) is 27.1. The van der Waals surface area contributed by atoms with Crippen molar-refractivity contribution < 1.29 is 56.2 Å². The summed E-state index contributed by atoms with van der Waals surface area (Å²) in [7, 11) is -5.06. The average molecular weight is 931 g/mol. The fraction of sp³-hybridized carbons (Fsp3) is 0.863. The molecular weight excluding hydrogens is 837 g/mol. The van der Waals surface area contributed by atoms with Gasteiger partial charge in [0.15, 0.2) is 6.29 Å². The minimum atomic E-state index is -5.06. The number of aliphatic hydroxyl groups excluding tert-OH is 3. The first-order chi connectivity index (χ1) is 31.1. The fourth-order valence-corrected chi connectivity index (χ4v) is 8.43. The zero-order valence-corrected chi connectivity index (χ0v) is 41.2. The summed E-state index contributed by atoms with van der Waals surface area (Å²) in [4.78, 5) is 12.9. The molecule has 4 N–H and O–H groups in total. The van der Waals surface area contributed by atoms with Crippen LogP contribution in [0.5, 0.6) is 0 Å². The first kappa shape index (κ1) is 60.3. The molecule has 12 nitrogen and oxygen atoms in total. The summed E-state index contributed by atoms with van der Waals surface area (Å²) in [5.74, 6) is -0.398. The molecule has 1 heterocycles. The van der Waals surface area contributed by atoms with Gasteiger partial charge in [-0.25, -0.2) is 4.18 Å². The largest absolute Gasteiger partial charge is 0.457 e. The SMILES string of the molecule is CC/C=C\C/C=C\C/C=C\CCCCCCCCCCOCC(COC1OC(CO)C(O)C(OS(=O)(=O)O)C1O)OC(=O)CCCCCCCCCCCCCCCCCCCCC. The molecule has 1 aliphatic heterocycles. The Morgan fingerprint density at radius 3 is 1.58 bits per heavy atom. The van der Waals surface area contributed by atoms with Crippen molar-refractivity contribution in [3.05, 3.63) is 36.5 Å². The van der Waals surface area contributed by atoms with Crippen LogP contribution in [0.4, 0.5) is 0 Å². The van der Waals surface area contributed by atoms with Gasteiger partial charge < -0.3 is 34.3 Å². The van der Waals surface area contributed by atoms with Crippen molar-refractivity contribution in [3.63, 3.8) is 0 Å². The quantitative estimate of drug-likeness (QED) is 0.0197. The molecule has 0 radical (unpaired) electrons. The van der Waals surface area contributed by atoms with Crippen molar-refractivity contribution in [3.8, 4) is 0 Å². The number of unbranched alkanes of at least 4 members (excludes halogenated alkanes) is 26. The van der Waals surface area contributed by atoms with E-state index in [4.69, 9.17) is 18.9 Å². The van der Waals surface area contributed by atoms with Gasteiger partial charge in [0.05, 0.1) is 19.8 Å². The average Bonchev–Trinajstić information content (AvgIpc) is 3.27. The van der Waals surface area contributed by atoms with E-state index in [2.05, 4.69) is 54.5 Å². The summed E-state index contributed by atoms with van der Waals surface area (Å²) in [6.45, 7) is 3.90. The highest BCUT2D eigenvalue weighted by Gasteiger charge is 2.48. The highest BCUT2D eigenvalue weighted by Crippen LogP contribution is 2.26. The third-order valence-corrected chi connectivity index (χ3v) is 12.2. The number of carbonyl (C=O) groups is 1. The molecule has 376 valence electrons. The lowest BCUT2D eigenvalue weighted by Gasteiger charge is -2.41. The lowest BCUT2D eigenvalue weighted by molar-refractivity contribution is -0.301. The lowest BCUT2D eigenvalue weighted by Crippen LogP contribution is -2.60. The number of esters is 1. The van der Waals surface area contributed by atoms with Crippen LogP contribution in [0.2, 0.25) is 0 Å². The molecule has 0 aromatic carbocycles. The van der Waals surface area contributed by atoms with Crippen LogP contribution in [0.25, 0.3) is 0 Å². The van der Waals surface area contributed by atoms with Gasteiger partial charge in [-0.3, -0.25) is 9.35 Å². The van der Waals surface area contributed by atoms with Crippen LogP contribution >= 0.6 is 0 Å². The van der Waals surface area contributed by atoms with E-state index < -0.39 is 59.8 Å². The zero-order valence-electron chi connectivity index (χ0n) is 40.3. The molecule has 0 saturated carbocycles. The van der Waals surface area contributed by atoms with E-state index in [1.54, 1.807) is 0 Å². The van der Waals surface area contributed by atoms with Crippen molar-refractivity contribution in [2.75, 3.05) is 26.4 Å². The number of aliphatic hydroxyl groups is 3. The van der Waals surface area contributed by atoms with Gasteiger partial charge in [0.25, 0.3) is 0 Å². The third-order valence-electron chi connectivity index (χ3n) is 11.8. The maximum absolute atomic E-state index is 12.9. The Balaban J connectivity index is 2.35. The van der Waals surface area contributed by atoms with Crippen LogP contribution in [0.3, 0.4) is 0 Å². The van der Waals surface area contributed by atoms with Crippen molar-refractivity contribution in [2.24, 2.45) is 0 Å². The second-order valence-corrected chi connectivity index (χ2v) is 18.8. The molecular formula is C51H94O12S. The van der Waals surface area contributed by atoms with Gasteiger partial charge in [-0.2, -0.15) is 8.42 Å². The van der Waals surface area contributed by atoms with E-state index in [-0.39, 0.29) is 19.6 Å². The Hall–Kier alpha value is -1.68. The van der Waals surface area contributed by atoms with Gasteiger partial charge >= 0.3 is 16.4 Å². The molecule has 0 aliphatic carbocycles. The molecule has 13 heteroatoms. The summed E-state index contributed by atoms with van der Waals surface area (Å²) in [6.07, 6.45) is 41.7. The number of hydrogen-bond acceptors (Lipinski definition) is 11. The van der Waals surface area contributed by atoms with Crippen molar-refractivity contribution in [2.45, 2.75) is 256 Å². The number of ether oxygens (including phenoxy) is 4. The summed E-state index contributed by atoms with van der Waals surface area (Å²) in [5.41, 5.74) is 0. The molecule has 6 unspecified atom stereocenters. The van der Waals surface area contributed by atoms with Gasteiger partial charge in [0, 0.05) is 13.0 Å². The molecule has 0 amide bonds. The maximum Gasteiger partial charge on any atom is 0.397 e. The zero-order chi connectivity index (χ0) is 46.8. The molecule has 0 bridgehead atoms. The smallest absolute Gasteiger partial charge is 0.397 e. The topological polar surface area (TPSA) is 178 Å². The van der Waals surface area contributed by atoms with E-state index in [1.807, 2.05) is 0 Å². The van der Waals surface area contributed by atoms with Crippen molar-refractivity contribution in [1.82, 2.24) is 0 Å². The minimum absolute atomic E-state index is 0.0335. The Bertz CT molecular complexity index is 1260. The molecule has 1 aliphatic rings. The normalized spacial score (nSPS) is 20.0. The second-order valence-electron chi connectivity index (χ2n) is 17.7. The summed E-state index contributed by atoms with van der Waals surface area (Å²) >= 11 is 0. The molecule has 1 saturated heterocycles. The van der Waals surface area contributed by atoms with Crippen LogP contribution in [0.15, 0.2) is 36.5 Å². The van der Waals surface area contributed by atoms with E-state index in [0.29, 0.717) is 13.0 Å². The van der Waals surface area contributed by atoms with Crippen molar-refractivity contribution >= 4 is 16.4 Å². The van der Waals surface area contributed by atoms with Crippen LogP contribution in [0.1, 0.15) is 219 Å². The lowest BCUT2D eigenvalue weighted by atomic mass is 9.99. The number of rotatable bonds is 45. The van der Waals surface area contributed by atoms with Gasteiger partial charge in [0.1, 0.15) is 30.5 Å². The Kier molecular flexibility index (Phi) is 40.2. The number of hydrogen-bond donors (Lipinski definition) is 4. The van der Waals surface area contributed by atoms with Crippen LogP contribution in [-0.4, -0.2) is 97.5 Å². The molecule has 1 rings (SSSR count). The fourth-order valence-electron chi connectivity index (χ4n) is 7.92. The minimum Gasteiger partial charge on any atom is -0.457 e. The molecule has 1 fully saturated rings. The van der Waals surface area contributed by atoms with Crippen LogP contribution < -0.4 is 0 Å². The molecule has 64 heavy (non-hydrogen) atoms. The Morgan fingerprint density at radius 1 is 0.609 bits per heavy atom. The Labute approximate surface area is 390 Å². The van der Waals surface area contributed by atoms with E-state index in [1.165, 1.54) is 128 Å². The summed E-state index contributed by atoms with van der Waals surface area (Å²) in [6, 6.07) is 0. The summed E-state index contributed by atoms with van der Waals surface area (Å²) in [5, 5.41) is 30.8. The van der Waals surface area contributed by atoms with Gasteiger partial charge in [-0.05, 0) is 44.9 Å². The third kappa shape index (κ3) is 35.5. The van der Waals surface area contributed by atoms with Crippen LogP contribution in [0, 0.1) is 0 Å². The van der Waals surface area contributed by atoms with Gasteiger partial charge in [-0.1, -0.05) is 204 Å². The van der Waals surface area contributed by atoms with Gasteiger partial charge in [-0.15, -0.1) is 0 Å². The van der Waals surface area contributed by atoms with Crippen molar-refractivity contribution in [1.29, 1.82) is 0 Å². The number of carbonyl (C=O) groups excluding carboxylic acids is 1. The highest BCUT2D eigenvalue weighted by molar-refractivity contribution is 7.80. The molecule has 0 aromatic heterocycles. The highest BCUT2D eigenvalue weighted by atomic mass is 32.3. The van der Waals surface area contributed by atoms with E-state index in [9.17, 15) is 33.1 Å². The predicted molar refractivity (Wildman–Crippen MR) is 257 cm³/mol. The van der Waals surface area contributed by atoms with E-state index in [0.717, 1.165) is 64.2 Å². The second kappa shape index (κ2) is 42.7. The standard InChI is InChI=1S/C51H94O12S/c1-3-5-7-9-11-13-15-17-19-21-23-24-26-28-30-32-34-36-38-40-47(53)61-45(44-60-51-49(55)50(63-64(56,57)58)48(54)46(42-52)62-51)43-59-41-39-37-35-33-31-29-27-25-22-20-18-16-14-12-10-8-6-4-2/h6,8,12,14,18,20,45-46,48-52,54-55H,3-5,7,9-11,13,15-17,19,21-44H2,1-2H3,(H,56,57,58)/b8-6-,14-12-,20-18-. The van der Waals surface area contributed by atoms with E-state index >= 15 is 0 Å². The number of allylic oxidation sites excluding steroid dienone is 6. The maximum atomic E-state index is 12.9. The molecule has 0 spiro atoms. The monoisotopic (exact) mass is 931 g/mol.